The number of halogens is 1. The molecular weight excluding hydrogens is 308 g/mol. The number of hydrogen-bond donors (Lipinski definition) is 2. The summed E-state index contributed by atoms with van der Waals surface area (Å²) in [5.74, 6) is 0.972. The van der Waals surface area contributed by atoms with Gasteiger partial charge in [-0.05, 0) is 37.0 Å². The molecule has 0 saturated heterocycles. The third kappa shape index (κ3) is 4.21. The summed E-state index contributed by atoms with van der Waals surface area (Å²) in [5.41, 5.74) is 3.17. The topological polar surface area (TPSA) is 49.8 Å². The molecule has 0 aliphatic heterocycles. The SMILES string of the molecule is CC(C)c1nc(Nc2cccc(Cl)c2)ncc1CNC1CCC1. The van der Waals surface area contributed by atoms with Gasteiger partial charge in [-0.15, -0.1) is 0 Å². The lowest BCUT2D eigenvalue weighted by Crippen LogP contribution is -2.34. The molecule has 1 aromatic heterocycles. The van der Waals surface area contributed by atoms with E-state index < -0.39 is 0 Å². The van der Waals surface area contributed by atoms with Gasteiger partial charge in [0.25, 0.3) is 0 Å². The summed E-state index contributed by atoms with van der Waals surface area (Å²) >= 11 is 6.02. The Morgan fingerprint density at radius 1 is 1.30 bits per heavy atom. The van der Waals surface area contributed by atoms with E-state index in [4.69, 9.17) is 16.6 Å². The minimum Gasteiger partial charge on any atom is -0.324 e. The maximum absolute atomic E-state index is 6.02. The molecule has 0 amide bonds. The van der Waals surface area contributed by atoms with Gasteiger partial charge in [-0.3, -0.25) is 0 Å². The summed E-state index contributed by atoms with van der Waals surface area (Å²) in [4.78, 5) is 9.18. The number of aromatic nitrogens is 2. The first-order valence-electron chi connectivity index (χ1n) is 8.23. The van der Waals surface area contributed by atoms with E-state index in [2.05, 4.69) is 29.5 Å². The normalized spacial score (nSPS) is 14.8. The number of hydrogen-bond acceptors (Lipinski definition) is 4. The van der Waals surface area contributed by atoms with Crippen LogP contribution < -0.4 is 10.6 Å². The van der Waals surface area contributed by atoms with Gasteiger partial charge in [0.05, 0.1) is 5.69 Å². The van der Waals surface area contributed by atoms with E-state index in [9.17, 15) is 0 Å². The van der Waals surface area contributed by atoms with Crippen molar-refractivity contribution in [1.29, 1.82) is 0 Å². The van der Waals surface area contributed by atoms with Crippen molar-refractivity contribution in [2.24, 2.45) is 0 Å². The quantitative estimate of drug-likeness (QED) is 0.810. The van der Waals surface area contributed by atoms with E-state index in [0.717, 1.165) is 17.9 Å². The summed E-state index contributed by atoms with van der Waals surface area (Å²) in [6, 6.07) is 8.25. The van der Waals surface area contributed by atoms with Crippen LogP contribution >= 0.6 is 11.6 Å². The summed E-state index contributed by atoms with van der Waals surface area (Å²) in [5, 5.41) is 7.51. The molecule has 1 aliphatic rings. The van der Waals surface area contributed by atoms with Crippen molar-refractivity contribution in [1.82, 2.24) is 15.3 Å². The van der Waals surface area contributed by atoms with E-state index in [1.807, 2.05) is 30.5 Å². The zero-order valence-electron chi connectivity index (χ0n) is 13.6. The van der Waals surface area contributed by atoms with Crippen molar-refractivity contribution in [2.75, 3.05) is 5.32 Å². The molecule has 0 bridgehead atoms. The Kier molecular flexibility index (Phi) is 5.13. The Morgan fingerprint density at radius 3 is 2.78 bits per heavy atom. The predicted molar refractivity (Wildman–Crippen MR) is 95.3 cm³/mol. The number of anilines is 2. The van der Waals surface area contributed by atoms with Crippen LogP contribution in [-0.4, -0.2) is 16.0 Å². The Bertz CT molecular complexity index is 668. The van der Waals surface area contributed by atoms with Crippen LogP contribution in [0.3, 0.4) is 0 Å². The second-order valence-corrected chi connectivity index (χ2v) is 6.84. The molecule has 1 aromatic carbocycles. The van der Waals surface area contributed by atoms with Gasteiger partial charge in [0.2, 0.25) is 5.95 Å². The van der Waals surface area contributed by atoms with E-state index >= 15 is 0 Å². The van der Waals surface area contributed by atoms with Crippen LogP contribution in [0.25, 0.3) is 0 Å². The zero-order chi connectivity index (χ0) is 16.2. The van der Waals surface area contributed by atoms with Gasteiger partial charge in [0, 0.05) is 35.1 Å². The Labute approximate surface area is 142 Å². The largest absolute Gasteiger partial charge is 0.324 e. The molecule has 0 atom stereocenters. The van der Waals surface area contributed by atoms with E-state index in [0.29, 0.717) is 22.9 Å². The van der Waals surface area contributed by atoms with E-state index in [-0.39, 0.29) is 0 Å². The maximum Gasteiger partial charge on any atom is 0.227 e. The highest BCUT2D eigenvalue weighted by Crippen LogP contribution is 2.23. The molecule has 1 aliphatic carbocycles. The second kappa shape index (κ2) is 7.28. The lowest BCUT2D eigenvalue weighted by atomic mass is 9.93. The van der Waals surface area contributed by atoms with Gasteiger partial charge in [0.15, 0.2) is 0 Å². The first-order chi connectivity index (χ1) is 11.1. The Morgan fingerprint density at radius 2 is 2.13 bits per heavy atom. The minimum absolute atomic E-state index is 0.358. The monoisotopic (exact) mass is 330 g/mol. The van der Waals surface area contributed by atoms with Gasteiger partial charge >= 0.3 is 0 Å². The number of nitrogens with zero attached hydrogens (tertiary/aromatic N) is 2. The average molecular weight is 331 g/mol. The molecule has 1 fully saturated rings. The first kappa shape index (κ1) is 16.2. The molecule has 0 radical (unpaired) electrons. The number of rotatable bonds is 6. The van der Waals surface area contributed by atoms with Crippen LogP contribution in [0, 0.1) is 0 Å². The van der Waals surface area contributed by atoms with Crippen molar-refractivity contribution < 1.29 is 0 Å². The molecule has 0 unspecified atom stereocenters. The van der Waals surface area contributed by atoms with Crippen molar-refractivity contribution in [3.05, 3.63) is 46.7 Å². The van der Waals surface area contributed by atoms with Gasteiger partial charge in [-0.2, -0.15) is 0 Å². The third-order valence-corrected chi connectivity index (χ3v) is 4.45. The van der Waals surface area contributed by atoms with Gasteiger partial charge in [-0.25, -0.2) is 9.97 Å². The molecule has 1 heterocycles. The van der Waals surface area contributed by atoms with Crippen molar-refractivity contribution in [3.63, 3.8) is 0 Å². The molecule has 2 N–H and O–H groups in total. The Hall–Kier alpha value is -1.65. The summed E-state index contributed by atoms with van der Waals surface area (Å²) in [7, 11) is 0. The highest BCUT2D eigenvalue weighted by Gasteiger charge is 2.18. The zero-order valence-corrected chi connectivity index (χ0v) is 14.4. The lowest BCUT2D eigenvalue weighted by molar-refractivity contribution is 0.337. The van der Waals surface area contributed by atoms with Crippen molar-refractivity contribution in [3.8, 4) is 0 Å². The highest BCUT2D eigenvalue weighted by molar-refractivity contribution is 6.30. The lowest BCUT2D eigenvalue weighted by Gasteiger charge is -2.27. The third-order valence-electron chi connectivity index (χ3n) is 4.21. The molecular formula is C18H23ClN4. The second-order valence-electron chi connectivity index (χ2n) is 6.40. The molecule has 4 nitrogen and oxygen atoms in total. The summed E-state index contributed by atoms with van der Waals surface area (Å²) in [6.45, 7) is 5.17. The summed E-state index contributed by atoms with van der Waals surface area (Å²) < 4.78 is 0. The molecule has 5 heteroatoms. The first-order valence-corrected chi connectivity index (χ1v) is 8.61. The molecule has 3 rings (SSSR count). The van der Waals surface area contributed by atoms with Crippen LogP contribution in [0.4, 0.5) is 11.6 Å². The van der Waals surface area contributed by atoms with Gasteiger partial charge < -0.3 is 10.6 Å². The Balaban J connectivity index is 1.75. The van der Waals surface area contributed by atoms with Crippen LogP contribution in [0.15, 0.2) is 30.5 Å². The van der Waals surface area contributed by atoms with Gasteiger partial charge in [0.1, 0.15) is 0 Å². The van der Waals surface area contributed by atoms with Crippen LogP contribution in [-0.2, 0) is 6.54 Å². The highest BCUT2D eigenvalue weighted by atomic mass is 35.5. The molecule has 122 valence electrons. The van der Waals surface area contributed by atoms with Crippen LogP contribution in [0.1, 0.15) is 50.3 Å². The number of benzene rings is 1. The van der Waals surface area contributed by atoms with E-state index in [1.165, 1.54) is 24.8 Å². The van der Waals surface area contributed by atoms with Gasteiger partial charge in [-0.1, -0.05) is 37.9 Å². The fourth-order valence-corrected chi connectivity index (χ4v) is 2.87. The van der Waals surface area contributed by atoms with E-state index in [1.54, 1.807) is 0 Å². The van der Waals surface area contributed by atoms with Crippen molar-refractivity contribution in [2.45, 2.75) is 51.6 Å². The molecule has 0 spiro atoms. The standard InChI is InChI=1S/C18H23ClN4/c1-12(2)17-13(10-20-15-6-4-7-15)11-21-18(23-17)22-16-8-3-5-14(19)9-16/h3,5,8-9,11-12,15,20H,4,6-7,10H2,1-2H3,(H,21,22,23). The van der Waals surface area contributed by atoms with Crippen LogP contribution in [0.2, 0.25) is 5.02 Å². The van der Waals surface area contributed by atoms with Crippen molar-refractivity contribution >= 4 is 23.2 Å². The minimum atomic E-state index is 0.358. The fourth-order valence-electron chi connectivity index (χ4n) is 2.68. The maximum atomic E-state index is 6.02. The summed E-state index contributed by atoms with van der Waals surface area (Å²) in [6.07, 6.45) is 5.84. The average Bonchev–Trinajstić information content (AvgIpc) is 2.46. The molecule has 2 aromatic rings. The predicted octanol–water partition coefficient (Wildman–Crippen LogP) is 4.64. The molecule has 1 saturated carbocycles. The smallest absolute Gasteiger partial charge is 0.227 e. The number of nitrogens with one attached hydrogen (secondary N) is 2. The molecule has 23 heavy (non-hydrogen) atoms. The fraction of sp³-hybridized carbons (Fsp3) is 0.444. The van der Waals surface area contributed by atoms with Crippen LogP contribution in [0.5, 0.6) is 0 Å².